The Hall–Kier alpha value is -1.04. The normalized spacial score (nSPS) is 14.2. The number of piperidine rings is 1. The fraction of sp³-hybridized carbons (Fsp3) is 0.586. The Morgan fingerprint density at radius 1 is 0.806 bits per heavy atom. The molecule has 1 fully saturated rings. The minimum absolute atomic E-state index is 0. The van der Waals surface area contributed by atoms with Gasteiger partial charge in [-0.3, -0.25) is 9.80 Å². The third kappa shape index (κ3) is 10.4. The van der Waals surface area contributed by atoms with Gasteiger partial charge in [0.2, 0.25) is 0 Å². The molecule has 0 spiro atoms. The number of rotatable bonds is 12. The molecular weight excluding hydrogens is 516 g/mol. The van der Waals surface area contributed by atoms with Gasteiger partial charge in [-0.15, -0.1) is 37.2 Å². The first-order valence-electron chi connectivity index (χ1n) is 13.1. The van der Waals surface area contributed by atoms with Gasteiger partial charge in [0.1, 0.15) is 5.82 Å². The molecule has 0 amide bonds. The van der Waals surface area contributed by atoms with Crippen molar-refractivity contribution in [1.82, 2.24) is 9.80 Å². The number of hydrogen-bond acceptors (Lipinski definition) is 3. The van der Waals surface area contributed by atoms with E-state index in [4.69, 9.17) is 0 Å². The highest BCUT2D eigenvalue weighted by atomic mass is 35.5. The average Bonchev–Trinajstić information content (AvgIpc) is 2.85. The second-order valence-electron chi connectivity index (χ2n) is 9.58. The van der Waals surface area contributed by atoms with Crippen molar-refractivity contribution in [2.24, 2.45) is 5.92 Å². The van der Waals surface area contributed by atoms with Gasteiger partial charge in [-0.2, -0.15) is 0 Å². The monoisotopic (exact) mass is 561 g/mol. The molecule has 2 aromatic rings. The maximum absolute atomic E-state index is 13.4. The van der Waals surface area contributed by atoms with E-state index in [1.165, 1.54) is 42.5 Å². The quantitative estimate of drug-likeness (QED) is 0.261. The van der Waals surface area contributed by atoms with Crippen LogP contribution in [-0.2, 0) is 13.1 Å². The van der Waals surface area contributed by atoms with Crippen LogP contribution in [0.5, 0.6) is 0 Å². The number of halogens is 4. The van der Waals surface area contributed by atoms with Crippen LogP contribution < -0.4 is 4.90 Å². The molecule has 0 unspecified atom stereocenters. The van der Waals surface area contributed by atoms with Crippen molar-refractivity contribution in [2.45, 2.75) is 72.5 Å². The van der Waals surface area contributed by atoms with E-state index in [0.29, 0.717) is 6.04 Å². The molecule has 7 heteroatoms. The molecule has 0 bridgehead atoms. The summed E-state index contributed by atoms with van der Waals surface area (Å²) in [5, 5.41) is 0. The summed E-state index contributed by atoms with van der Waals surface area (Å²) in [4.78, 5) is 7.68. The number of benzene rings is 2. The molecule has 1 aliphatic rings. The summed E-state index contributed by atoms with van der Waals surface area (Å²) in [7, 11) is 0. The van der Waals surface area contributed by atoms with E-state index in [9.17, 15) is 4.39 Å². The summed E-state index contributed by atoms with van der Waals surface area (Å²) in [5.41, 5.74) is 3.95. The lowest BCUT2D eigenvalue weighted by atomic mass is 9.97. The van der Waals surface area contributed by atoms with Crippen LogP contribution in [0.4, 0.5) is 10.1 Å². The lowest BCUT2D eigenvalue weighted by Gasteiger charge is -2.40. The number of hydrogen-bond donors (Lipinski definition) is 0. The van der Waals surface area contributed by atoms with Crippen molar-refractivity contribution >= 4 is 42.9 Å². The van der Waals surface area contributed by atoms with E-state index in [2.05, 4.69) is 66.7 Å². The fourth-order valence-electron chi connectivity index (χ4n) is 5.15. The smallest absolute Gasteiger partial charge is 0.123 e. The SMILES string of the molecule is CCC(CC)CN(Cc1ccc(F)cc1)C1CCN(Cc2ccc(N(CC)CC)cc2)CC1.Cl.Cl.Cl. The molecule has 1 heterocycles. The van der Waals surface area contributed by atoms with Gasteiger partial charge in [0.05, 0.1) is 0 Å². The van der Waals surface area contributed by atoms with E-state index in [0.717, 1.165) is 51.7 Å². The Morgan fingerprint density at radius 3 is 1.83 bits per heavy atom. The first-order valence-corrected chi connectivity index (χ1v) is 13.1. The summed E-state index contributed by atoms with van der Waals surface area (Å²) in [6.07, 6.45) is 4.86. The Balaban J connectivity index is 0.00000408. The molecule has 0 aromatic heterocycles. The second kappa shape index (κ2) is 18.3. The van der Waals surface area contributed by atoms with E-state index in [1.807, 2.05) is 12.1 Å². The molecule has 2 aromatic carbocycles. The Labute approximate surface area is 238 Å². The minimum atomic E-state index is -0.149. The topological polar surface area (TPSA) is 9.72 Å². The van der Waals surface area contributed by atoms with Crippen LogP contribution in [0.15, 0.2) is 48.5 Å². The van der Waals surface area contributed by atoms with Gasteiger partial charge in [-0.05, 0) is 81.1 Å². The van der Waals surface area contributed by atoms with Gasteiger partial charge in [0.15, 0.2) is 0 Å². The summed E-state index contributed by atoms with van der Waals surface area (Å²) >= 11 is 0. The maximum Gasteiger partial charge on any atom is 0.123 e. The van der Waals surface area contributed by atoms with Gasteiger partial charge in [0.25, 0.3) is 0 Å². The molecule has 0 atom stereocenters. The van der Waals surface area contributed by atoms with Gasteiger partial charge in [-0.25, -0.2) is 4.39 Å². The second-order valence-corrected chi connectivity index (χ2v) is 9.58. The molecule has 1 saturated heterocycles. The van der Waals surface area contributed by atoms with E-state index in [1.54, 1.807) is 12.1 Å². The fourth-order valence-corrected chi connectivity index (χ4v) is 5.15. The number of likely N-dealkylation sites (tertiary alicyclic amines) is 1. The molecule has 3 nitrogen and oxygen atoms in total. The van der Waals surface area contributed by atoms with Gasteiger partial charge in [0, 0.05) is 44.5 Å². The van der Waals surface area contributed by atoms with E-state index < -0.39 is 0 Å². The van der Waals surface area contributed by atoms with Gasteiger partial charge >= 0.3 is 0 Å². The first kappa shape index (κ1) is 35.0. The predicted molar refractivity (Wildman–Crippen MR) is 161 cm³/mol. The Kier molecular flexibility index (Phi) is 17.7. The molecular formula is C29H47Cl3FN3. The largest absolute Gasteiger partial charge is 0.372 e. The van der Waals surface area contributed by atoms with Crippen molar-refractivity contribution in [3.05, 3.63) is 65.5 Å². The van der Waals surface area contributed by atoms with Gasteiger partial charge in [-0.1, -0.05) is 51.0 Å². The molecule has 206 valence electrons. The third-order valence-corrected chi connectivity index (χ3v) is 7.49. The van der Waals surface area contributed by atoms with E-state index in [-0.39, 0.29) is 43.0 Å². The van der Waals surface area contributed by atoms with Crippen molar-refractivity contribution in [2.75, 3.05) is 37.6 Å². The Bertz CT molecular complexity index is 804. The van der Waals surface area contributed by atoms with Crippen LogP contribution in [0.1, 0.15) is 64.5 Å². The number of nitrogens with zero attached hydrogens (tertiary/aromatic N) is 3. The average molecular weight is 563 g/mol. The zero-order valence-electron chi connectivity index (χ0n) is 22.5. The molecule has 36 heavy (non-hydrogen) atoms. The minimum Gasteiger partial charge on any atom is -0.372 e. The van der Waals surface area contributed by atoms with Crippen molar-refractivity contribution in [3.63, 3.8) is 0 Å². The molecule has 0 N–H and O–H groups in total. The van der Waals surface area contributed by atoms with Crippen molar-refractivity contribution < 1.29 is 4.39 Å². The zero-order chi connectivity index (χ0) is 23.6. The van der Waals surface area contributed by atoms with Crippen molar-refractivity contribution in [1.29, 1.82) is 0 Å². The highest BCUT2D eigenvalue weighted by molar-refractivity contribution is 5.86. The zero-order valence-corrected chi connectivity index (χ0v) is 24.9. The van der Waals surface area contributed by atoms with Crippen LogP contribution in [0.3, 0.4) is 0 Å². The summed E-state index contributed by atoms with van der Waals surface area (Å²) in [6, 6.07) is 16.8. The van der Waals surface area contributed by atoms with Crippen LogP contribution >= 0.6 is 37.2 Å². The standard InChI is InChI=1S/C29H44FN3.3ClH/c1-5-24(6-2)22-33(23-26-9-13-27(30)14-10-26)29-17-19-31(20-18-29)21-25-11-15-28(16-12-25)32(7-3)8-4;;;/h9-16,24,29H,5-8,17-23H2,1-4H3;3*1H. The molecule has 0 radical (unpaired) electrons. The molecule has 1 aliphatic heterocycles. The van der Waals surface area contributed by atoms with Crippen molar-refractivity contribution in [3.8, 4) is 0 Å². The molecule has 0 saturated carbocycles. The highest BCUT2D eigenvalue weighted by Gasteiger charge is 2.26. The third-order valence-electron chi connectivity index (χ3n) is 7.49. The molecule has 3 rings (SSSR count). The summed E-state index contributed by atoms with van der Waals surface area (Å²) < 4.78 is 13.4. The van der Waals surface area contributed by atoms with Crippen LogP contribution in [0.2, 0.25) is 0 Å². The summed E-state index contributed by atoms with van der Waals surface area (Å²) in [5.74, 6) is 0.580. The van der Waals surface area contributed by atoms with Crippen LogP contribution in [-0.4, -0.2) is 48.6 Å². The highest BCUT2D eigenvalue weighted by Crippen LogP contribution is 2.24. The van der Waals surface area contributed by atoms with Crippen LogP contribution in [0, 0.1) is 11.7 Å². The molecule has 0 aliphatic carbocycles. The maximum atomic E-state index is 13.4. The Morgan fingerprint density at radius 2 is 1.33 bits per heavy atom. The first-order chi connectivity index (χ1) is 16.1. The summed E-state index contributed by atoms with van der Waals surface area (Å²) in [6.45, 7) is 16.5. The predicted octanol–water partition coefficient (Wildman–Crippen LogP) is 7.84. The lowest BCUT2D eigenvalue weighted by molar-refractivity contribution is 0.0841. The van der Waals surface area contributed by atoms with Crippen LogP contribution in [0.25, 0.3) is 0 Å². The lowest BCUT2D eigenvalue weighted by Crippen LogP contribution is -2.45. The van der Waals surface area contributed by atoms with Gasteiger partial charge < -0.3 is 4.90 Å². The van der Waals surface area contributed by atoms with E-state index >= 15 is 0 Å². The number of anilines is 1.